The Hall–Kier alpha value is -2.16. The Balaban J connectivity index is 2.28. The number of phenolic OH excluding ortho intramolecular Hbond substituents is 1. The zero-order valence-corrected chi connectivity index (χ0v) is 12.0. The van der Waals surface area contributed by atoms with E-state index in [1.54, 1.807) is 22.7 Å². The van der Waals surface area contributed by atoms with Gasteiger partial charge in [0.15, 0.2) is 11.5 Å². The van der Waals surface area contributed by atoms with Gasteiger partial charge in [-0.15, -0.1) is 10.2 Å². The summed E-state index contributed by atoms with van der Waals surface area (Å²) in [6.45, 7) is 0. The zero-order valence-electron chi connectivity index (χ0n) is 10.4. The summed E-state index contributed by atoms with van der Waals surface area (Å²) in [5.74, 6) is 0.101. The number of halogens is 1. The lowest BCUT2D eigenvalue weighted by Crippen LogP contribution is -2.12. The van der Waals surface area contributed by atoms with Crippen LogP contribution in [-0.2, 0) is 10.0 Å². The van der Waals surface area contributed by atoms with Crippen LogP contribution in [-0.4, -0.2) is 28.1 Å². The Kier molecular flexibility index (Phi) is 3.08. The number of hydrogen-bond acceptors (Lipinski definition) is 5. The second-order valence-electron chi connectivity index (χ2n) is 4.36. The van der Waals surface area contributed by atoms with E-state index in [4.69, 9.17) is 16.7 Å². The van der Waals surface area contributed by atoms with Gasteiger partial charge in [-0.25, -0.2) is 13.6 Å². The smallest absolute Gasteiger partial charge is 0.238 e. The normalized spacial score (nSPS) is 11.9. The van der Waals surface area contributed by atoms with Gasteiger partial charge in [0.1, 0.15) is 5.75 Å². The van der Waals surface area contributed by atoms with Crippen molar-refractivity contribution in [2.24, 2.45) is 5.14 Å². The van der Waals surface area contributed by atoms with Gasteiger partial charge in [0, 0.05) is 11.8 Å². The number of fused-ring (bicyclic) bond motifs is 1. The van der Waals surface area contributed by atoms with E-state index in [0.29, 0.717) is 22.1 Å². The molecule has 0 bridgehead atoms. The lowest BCUT2D eigenvalue weighted by molar-refractivity contribution is 0.473. The average Bonchev–Trinajstić information content (AvgIpc) is 2.79. The molecule has 0 saturated heterocycles. The maximum atomic E-state index is 11.4. The minimum absolute atomic E-state index is 0.212. The van der Waals surface area contributed by atoms with Gasteiger partial charge in [-0.3, -0.25) is 4.40 Å². The highest BCUT2D eigenvalue weighted by Gasteiger charge is 2.15. The van der Waals surface area contributed by atoms with Crippen LogP contribution < -0.4 is 5.14 Å². The number of sulfonamides is 1. The molecule has 0 radical (unpaired) electrons. The predicted octanol–water partition coefficient (Wildman–Crippen LogP) is 1.40. The van der Waals surface area contributed by atoms with Crippen molar-refractivity contribution in [2.45, 2.75) is 4.90 Å². The predicted molar refractivity (Wildman–Crippen MR) is 76.5 cm³/mol. The van der Waals surface area contributed by atoms with Gasteiger partial charge in [0.25, 0.3) is 0 Å². The highest BCUT2D eigenvalue weighted by Crippen LogP contribution is 2.27. The van der Waals surface area contributed by atoms with Crippen LogP contribution in [0, 0.1) is 0 Å². The van der Waals surface area contributed by atoms with Crippen molar-refractivity contribution in [1.82, 2.24) is 14.6 Å². The number of primary sulfonamides is 1. The molecule has 0 saturated carbocycles. The first kappa shape index (κ1) is 13.8. The van der Waals surface area contributed by atoms with E-state index in [2.05, 4.69) is 10.2 Å². The largest absolute Gasteiger partial charge is 0.508 e. The molecule has 0 aliphatic carbocycles. The number of pyridine rings is 1. The molecule has 2 heterocycles. The van der Waals surface area contributed by atoms with Crippen molar-refractivity contribution in [3.05, 3.63) is 41.6 Å². The van der Waals surface area contributed by atoms with Gasteiger partial charge < -0.3 is 5.11 Å². The Morgan fingerprint density at radius 3 is 2.67 bits per heavy atom. The maximum Gasteiger partial charge on any atom is 0.238 e. The molecule has 108 valence electrons. The SMILES string of the molecule is NS(=O)(=O)c1cc(O)cc(-c2nnc3ccc(Cl)cn23)c1. The number of nitrogens with two attached hydrogens (primary N) is 1. The van der Waals surface area contributed by atoms with Crippen LogP contribution in [0.4, 0.5) is 0 Å². The van der Waals surface area contributed by atoms with Gasteiger partial charge in [-0.1, -0.05) is 11.6 Å². The summed E-state index contributed by atoms with van der Waals surface area (Å²) in [6.07, 6.45) is 1.59. The molecule has 3 rings (SSSR count). The third kappa shape index (κ3) is 2.56. The first-order valence-electron chi connectivity index (χ1n) is 5.72. The number of benzene rings is 1. The highest BCUT2D eigenvalue weighted by atomic mass is 35.5. The molecule has 21 heavy (non-hydrogen) atoms. The fraction of sp³-hybridized carbons (Fsp3) is 0. The second-order valence-corrected chi connectivity index (χ2v) is 6.36. The van der Waals surface area contributed by atoms with Crippen molar-refractivity contribution >= 4 is 27.3 Å². The van der Waals surface area contributed by atoms with Gasteiger partial charge >= 0.3 is 0 Å². The topological polar surface area (TPSA) is 111 Å². The van der Waals surface area contributed by atoms with E-state index in [9.17, 15) is 13.5 Å². The highest BCUT2D eigenvalue weighted by molar-refractivity contribution is 7.89. The second kappa shape index (κ2) is 4.69. The van der Waals surface area contributed by atoms with Crippen molar-refractivity contribution < 1.29 is 13.5 Å². The summed E-state index contributed by atoms with van der Waals surface area (Å²) in [5.41, 5.74) is 0.892. The molecule has 2 aromatic heterocycles. The zero-order chi connectivity index (χ0) is 15.2. The minimum Gasteiger partial charge on any atom is -0.508 e. The Labute approximate surface area is 124 Å². The molecule has 0 fully saturated rings. The van der Waals surface area contributed by atoms with Crippen LogP contribution in [0.15, 0.2) is 41.4 Å². The Morgan fingerprint density at radius 2 is 1.95 bits per heavy atom. The number of aromatic nitrogens is 3. The maximum absolute atomic E-state index is 11.4. The molecule has 0 unspecified atom stereocenters. The molecule has 0 amide bonds. The van der Waals surface area contributed by atoms with Crippen LogP contribution in [0.2, 0.25) is 5.02 Å². The molecular weight excluding hydrogens is 316 g/mol. The van der Waals surface area contributed by atoms with E-state index >= 15 is 0 Å². The van der Waals surface area contributed by atoms with Gasteiger partial charge in [0.05, 0.1) is 9.92 Å². The quantitative estimate of drug-likeness (QED) is 0.740. The van der Waals surface area contributed by atoms with E-state index in [-0.39, 0.29) is 10.6 Å². The van der Waals surface area contributed by atoms with Gasteiger partial charge in [-0.05, 0) is 30.3 Å². The molecule has 0 aliphatic heterocycles. The summed E-state index contributed by atoms with van der Waals surface area (Å²) >= 11 is 5.93. The Bertz CT molecular complexity index is 952. The third-order valence-corrected chi connectivity index (χ3v) is 3.96. The first-order valence-corrected chi connectivity index (χ1v) is 7.64. The fourth-order valence-corrected chi connectivity index (χ4v) is 2.68. The molecule has 0 aliphatic rings. The minimum atomic E-state index is -3.94. The van der Waals surface area contributed by atoms with E-state index in [1.165, 1.54) is 12.1 Å². The van der Waals surface area contributed by atoms with Crippen molar-refractivity contribution in [3.8, 4) is 17.1 Å². The fourth-order valence-electron chi connectivity index (χ4n) is 1.94. The monoisotopic (exact) mass is 324 g/mol. The van der Waals surface area contributed by atoms with Gasteiger partial charge in [0.2, 0.25) is 10.0 Å². The summed E-state index contributed by atoms with van der Waals surface area (Å²) in [5, 5.41) is 23.2. The van der Waals surface area contributed by atoms with Crippen molar-refractivity contribution in [1.29, 1.82) is 0 Å². The van der Waals surface area contributed by atoms with Crippen molar-refractivity contribution in [3.63, 3.8) is 0 Å². The lowest BCUT2D eigenvalue weighted by atomic mass is 10.2. The van der Waals surface area contributed by atoms with Gasteiger partial charge in [-0.2, -0.15) is 0 Å². The summed E-state index contributed by atoms with van der Waals surface area (Å²) < 4.78 is 24.4. The first-order chi connectivity index (χ1) is 9.84. The van der Waals surface area contributed by atoms with E-state index in [1.807, 2.05) is 0 Å². The van der Waals surface area contributed by atoms with Crippen LogP contribution in [0.5, 0.6) is 5.75 Å². The Morgan fingerprint density at radius 1 is 1.19 bits per heavy atom. The molecule has 3 aromatic rings. The van der Waals surface area contributed by atoms with Crippen LogP contribution in [0.25, 0.3) is 17.0 Å². The summed E-state index contributed by atoms with van der Waals surface area (Å²) in [4.78, 5) is -0.212. The van der Waals surface area contributed by atoms with Crippen LogP contribution in [0.3, 0.4) is 0 Å². The van der Waals surface area contributed by atoms with E-state index < -0.39 is 10.0 Å². The number of hydrogen-bond donors (Lipinski definition) is 2. The van der Waals surface area contributed by atoms with E-state index in [0.717, 1.165) is 6.07 Å². The summed E-state index contributed by atoms with van der Waals surface area (Å²) in [6, 6.07) is 7.07. The molecule has 9 heteroatoms. The number of phenols is 1. The molecule has 0 spiro atoms. The molecular formula is C12H9ClN4O3S. The average molecular weight is 325 g/mol. The molecule has 1 aromatic carbocycles. The number of nitrogens with zero attached hydrogens (tertiary/aromatic N) is 3. The van der Waals surface area contributed by atoms with Crippen LogP contribution >= 0.6 is 11.6 Å². The lowest BCUT2D eigenvalue weighted by Gasteiger charge is -2.05. The number of rotatable bonds is 2. The number of aromatic hydroxyl groups is 1. The third-order valence-electron chi connectivity index (χ3n) is 2.84. The molecule has 7 nitrogen and oxygen atoms in total. The van der Waals surface area contributed by atoms with Crippen LogP contribution in [0.1, 0.15) is 0 Å². The standard InChI is InChI=1S/C12H9ClN4O3S/c13-8-1-2-11-15-16-12(17(11)6-8)7-3-9(18)5-10(4-7)21(14,19)20/h1-6,18H,(H2,14,19,20). The molecule has 0 atom stereocenters. The summed E-state index contributed by atoms with van der Waals surface area (Å²) in [7, 11) is -3.94. The molecule has 3 N–H and O–H groups in total. The van der Waals surface area contributed by atoms with Crippen molar-refractivity contribution in [2.75, 3.05) is 0 Å².